The molecule has 8 N–H and O–H groups in total. The molecule has 0 fully saturated rings. The summed E-state index contributed by atoms with van der Waals surface area (Å²) in [6, 6.07) is 0. The second kappa shape index (κ2) is 67.5. The molecule has 0 heterocycles. The summed E-state index contributed by atoms with van der Waals surface area (Å²) in [6.07, 6.45) is 0. The van der Waals surface area contributed by atoms with Crippen molar-refractivity contribution >= 4 is 69.4 Å². The number of rotatable bonds is 0. The van der Waals surface area contributed by atoms with Crippen molar-refractivity contribution < 1.29 is 46.5 Å². The van der Waals surface area contributed by atoms with Gasteiger partial charge in [0.2, 0.25) is 0 Å². The van der Waals surface area contributed by atoms with Crippen molar-refractivity contribution in [2.75, 3.05) is 0 Å². The van der Waals surface area contributed by atoms with Gasteiger partial charge in [0.15, 0.2) is 0 Å². The van der Waals surface area contributed by atoms with E-state index in [1.807, 2.05) is 0 Å². The zero-order chi connectivity index (χ0) is 0. The molecule has 0 unspecified atom stereocenters. The predicted molar refractivity (Wildman–Crippen MR) is 31.0 cm³/mol. The van der Waals surface area contributed by atoms with E-state index in [1.165, 1.54) is 0 Å². The van der Waals surface area contributed by atoms with Crippen molar-refractivity contribution in [1.82, 2.24) is 0 Å². The van der Waals surface area contributed by atoms with Gasteiger partial charge in [-0.05, 0) is 0 Å². The third-order valence-corrected chi connectivity index (χ3v) is 0. The number of hydrogen-bond acceptors (Lipinski definition) is 0. The van der Waals surface area contributed by atoms with Crippen molar-refractivity contribution in [3.05, 3.63) is 0 Å². The summed E-state index contributed by atoms with van der Waals surface area (Å²) in [5, 5.41) is 0. The first-order chi connectivity index (χ1) is 0. The van der Waals surface area contributed by atoms with Gasteiger partial charge in [-0.25, -0.2) is 0 Å². The molecule has 0 saturated heterocycles. The van der Waals surface area contributed by atoms with Crippen LogP contribution in [0.25, 0.3) is 0 Å². The van der Waals surface area contributed by atoms with Gasteiger partial charge in [-0.1, -0.05) is 0 Å². The van der Waals surface area contributed by atoms with E-state index in [2.05, 4.69) is 0 Å². The Hall–Kier alpha value is 2.83. The van der Waals surface area contributed by atoms with Gasteiger partial charge in [0, 0.05) is 21.7 Å². The SMILES string of the molecule is O.O.O.O.[H-].[H-].[SnH2].[Sr+2].[Ti]. The Morgan fingerprint density at radius 1 is 0.714 bits per heavy atom. The van der Waals surface area contributed by atoms with Crippen molar-refractivity contribution in [1.29, 1.82) is 0 Å². The fourth-order valence-electron chi connectivity index (χ4n) is 0. The van der Waals surface area contributed by atoms with Crippen LogP contribution in [0.15, 0.2) is 0 Å². The van der Waals surface area contributed by atoms with E-state index in [-0.39, 0.29) is 116 Å². The molecule has 0 amide bonds. The van der Waals surface area contributed by atoms with Crippen LogP contribution >= 0.6 is 0 Å². The second-order valence-electron chi connectivity index (χ2n) is 0. The van der Waals surface area contributed by atoms with E-state index in [9.17, 15) is 0 Å². The quantitative estimate of drug-likeness (QED) is 0.398. The Balaban J connectivity index is 0. The molecule has 0 rings (SSSR count). The smallest absolute Gasteiger partial charge is 0 e. The van der Waals surface area contributed by atoms with E-state index < -0.39 is 0 Å². The van der Waals surface area contributed by atoms with E-state index in [1.54, 1.807) is 0 Å². The van der Waals surface area contributed by atoms with Gasteiger partial charge in [0.05, 0.1) is 0 Å². The fraction of sp³-hybridized carbons (Fsp3) is 0. The van der Waals surface area contributed by atoms with Gasteiger partial charge >= 0.3 is 69.4 Å². The number of hydrogen-bond donors (Lipinski definition) is 0. The van der Waals surface area contributed by atoms with Gasteiger partial charge in [0.25, 0.3) is 0 Å². The van der Waals surface area contributed by atoms with Crippen LogP contribution in [0, 0.1) is 0 Å². The Kier molecular flexibility index (Phi) is 922. The molecule has 0 saturated carbocycles. The second-order valence-corrected chi connectivity index (χ2v) is 0. The van der Waals surface area contributed by atoms with E-state index >= 15 is 0 Å². The summed E-state index contributed by atoms with van der Waals surface area (Å²) in [5.74, 6) is 0. The Bertz CT molecular complexity index is 18.5. The van der Waals surface area contributed by atoms with Crippen LogP contribution in [0.2, 0.25) is 0 Å². The maximum absolute atomic E-state index is 0. The zero-order valence-corrected chi connectivity index (χ0v) is 13.0. The first-order valence-corrected chi connectivity index (χ1v) is 0. The van der Waals surface area contributed by atoms with Crippen LogP contribution in [-0.4, -0.2) is 91.3 Å². The Morgan fingerprint density at radius 2 is 0.714 bits per heavy atom. The molecule has 0 aromatic heterocycles. The Morgan fingerprint density at radius 3 is 0.714 bits per heavy atom. The van der Waals surface area contributed by atoms with E-state index in [0.717, 1.165) is 0 Å². The van der Waals surface area contributed by atoms with Crippen LogP contribution in [0.3, 0.4) is 0 Å². The summed E-state index contributed by atoms with van der Waals surface area (Å²) in [4.78, 5) is 0. The van der Waals surface area contributed by atoms with Crippen LogP contribution in [0.4, 0.5) is 0 Å². The summed E-state index contributed by atoms with van der Waals surface area (Å²) in [7, 11) is 0. The molecule has 0 aromatic carbocycles. The minimum atomic E-state index is 0. The molecular weight excluding hydrogens is 318 g/mol. The molecular formula is H12O4SnSrTi. The maximum atomic E-state index is 0. The minimum absolute atomic E-state index is 0. The van der Waals surface area contributed by atoms with Gasteiger partial charge < -0.3 is 24.8 Å². The van der Waals surface area contributed by atoms with Crippen molar-refractivity contribution in [3.8, 4) is 0 Å². The van der Waals surface area contributed by atoms with E-state index in [4.69, 9.17) is 0 Å². The van der Waals surface area contributed by atoms with Crippen molar-refractivity contribution in [2.45, 2.75) is 0 Å². The van der Waals surface area contributed by atoms with Gasteiger partial charge in [-0.15, -0.1) is 0 Å². The summed E-state index contributed by atoms with van der Waals surface area (Å²) in [5.41, 5.74) is 0. The topological polar surface area (TPSA) is 126 Å². The van der Waals surface area contributed by atoms with Crippen LogP contribution in [-0.2, 0) is 21.7 Å². The van der Waals surface area contributed by atoms with Gasteiger partial charge in [-0.2, -0.15) is 0 Å². The van der Waals surface area contributed by atoms with E-state index in [0.29, 0.717) is 0 Å². The van der Waals surface area contributed by atoms with Crippen molar-refractivity contribution in [3.63, 3.8) is 0 Å². The molecule has 7 heteroatoms. The molecule has 0 aliphatic heterocycles. The largest absolute Gasteiger partial charge is 2.00 e. The maximum Gasteiger partial charge on any atom is 2.00 e. The molecule has 7 heavy (non-hydrogen) atoms. The molecule has 4 nitrogen and oxygen atoms in total. The normalized spacial score (nSPS) is 0. The molecule has 2 radical (unpaired) electrons. The summed E-state index contributed by atoms with van der Waals surface area (Å²) < 4.78 is 0. The fourth-order valence-corrected chi connectivity index (χ4v) is 0. The molecule has 0 spiro atoms. The predicted octanol–water partition coefficient (Wildman–Crippen LogP) is -4.37. The summed E-state index contributed by atoms with van der Waals surface area (Å²) >= 11 is 0. The Labute approximate surface area is 114 Å². The third-order valence-electron chi connectivity index (χ3n) is 0. The van der Waals surface area contributed by atoms with Crippen LogP contribution in [0.1, 0.15) is 2.85 Å². The van der Waals surface area contributed by atoms with Crippen molar-refractivity contribution in [2.24, 2.45) is 0 Å². The summed E-state index contributed by atoms with van der Waals surface area (Å²) in [6.45, 7) is 0. The molecule has 0 aliphatic rings. The van der Waals surface area contributed by atoms with Gasteiger partial charge in [-0.3, -0.25) is 0 Å². The molecule has 0 aliphatic carbocycles. The average molecular weight is 330 g/mol. The molecule has 0 aromatic rings. The molecule has 46 valence electrons. The first-order valence-electron chi connectivity index (χ1n) is 0. The standard InChI is InChI=1S/4H2O.Sn.Sr.Ti.4H/h4*1H2;;;;;;;/q;;;;;+2;;;;2*-1. The molecule has 0 atom stereocenters. The first kappa shape index (κ1) is 95.6. The zero-order valence-electron chi connectivity index (χ0n) is 5.91. The molecule has 0 bridgehead atoms. The third kappa shape index (κ3) is 51.4. The minimum Gasteiger partial charge on any atom is 0 e. The average Bonchev–Trinajstić information content (AvgIpc) is 0. The monoisotopic (exact) mass is 332 g/mol. The van der Waals surface area contributed by atoms with Gasteiger partial charge in [0.1, 0.15) is 0 Å². The van der Waals surface area contributed by atoms with Crippen LogP contribution < -0.4 is 0 Å². The van der Waals surface area contributed by atoms with Crippen LogP contribution in [0.5, 0.6) is 0 Å².